The maximum absolute atomic E-state index is 11.7. The summed E-state index contributed by atoms with van der Waals surface area (Å²) in [5.74, 6) is 1.08. The monoisotopic (exact) mass is 168 g/mol. The molecule has 0 bridgehead atoms. The van der Waals surface area contributed by atoms with E-state index in [9.17, 15) is 4.79 Å². The van der Waals surface area contributed by atoms with Crippen LogP contribution in [0.25, 0.3) is 0 Å². The van der Waals surface area contributed by atoms with Crippen molar-refractivity contribution in [2.45, 2.75) is 45.3 Å². The quantitative estimate of drug-likeness (QED) is 0.558. The van der Waals surface area contributed by atoms with Crippen LogP contribution in [0.4, 0.5) is 0 Å². The number of Topliss-reactive ketones (excluding diaryl/α,β-unsaturated/α-hetero) is 1. The van der Waals surface area contributed by atoms with Gasteiger partial charge in [-0.05, 0) is 25.7 Å². The Labute approximate surface area is 73.3 Å². The first-order valence-corrected chi connectivity index (χ1v) is 4.76. The summed E-state index contributed by atoms with van der Waals surface area (Å²) >= 11 is 0. The van der Waals surface area contributed by atoms with Gasteiger partial charge in [-0.2, -0.15) is 0 Å². The van der Waals surface area contributed by atoms with Crippen LogP contribution in [0.15, 0.2) is 0 Å². The maximum Gasteiger partial charge on any atom is 0.167 e. The molecule has 0 spiro atoms. The van der Waals surface area contributed by atoms with E-state index in [-0.39, 0.29) is 17.6 Å². The molecule has 0 N–H and O–H groups in total. The largest absolute Gasteiger partial charge is 0.358 e. The molecule has 0 radical (unpaired) electrons. The number of carbonyl (C=O) groups is 1. The van der Waals surface area contributed by atoms with Crippen molar-refractivity contribution in [1.82, 2.24) is 0 Å². The molecular formula is C10H16O2. The third-order valence-electron chi connectivity index (χ3n) is 3.26. The molecule has 2 heteroatoms. The van der Waals surface area contributed by atoms with Gasteiger partial charge in [-0.15, -0.1) is 0 Å². The van der Waals surface area contributed by atoms with Gasteiger partial charge in [0, 0.05) is 5.92 Å². The maximum atomic E-state index is 11.7. The van der Waals surface area contributed by atoms with Gasteiger partial charge >= 0.3 is 0 Å². The molecule has 12 heavy (non-hydrogen) atoms. The molecule has 0 amide bonds. The molecule has 2 fully saturated rings. The second-order valence-electron chi connectivity index (χ2n) is 4.60. The van der Waals surface area contributed by atoms with Crippen molar-refractivity contribution in [2.75, 3.05) is 0 Å². The lowest BCUT2D eigenvalue weighted by atomic mass is 9.77. The smallest absolute Gasteiger partial charge is 0.167 e. The zero-order valence-electron chi connectivity index (χ0n) is 7.96. The molecule has 1 aliphatic carbocycles. The molecule has 1 heterocycles. The van der Waals surface area contributed by atoms with Crippen LogP contribution in [0.3, 0.4) is 0 Å². The predicted molar refractivity (Wildman–Crippen MR) is 45.8 cm³/mol. The normalized spacial score (nSPS) is 46.2. The third kappa shape index (κ3) is 1.01. The summed E-state index contributed by atoms with van der Waals surface area (Å²) in [6.07, 6.45) is 2.02. The Morgan fingerprint density at radius 2 is 2.25 bits per heavy atom. The minimum Gasteiger partial charge on any atom is -0.358 e. The first-order chi connectivity index (χ1) is 5.54. The Morgan fingerprint density at radius 3 is 2.83 bits per heavy atom. The van der Waals surface area contributed by atoms with E-state index >= 15 is 0 Å². The van der Waals surface area contributed by atoms with Gasteiger partial charge in [0.1, 0.15) is 6.10 Å². The summed E-state index contributed by atoms with van der Waals surface area (Å²) in [4.78, 5) is 11.7. The van der Waals surface area contributed by atoms with Crippen LogP contribution in [0.1, 0.15) is 33.6 Å². The molecule has 2 rings (SSSR count). The minimum atomic E-state index is -0.0670. The van der Waals surface area contributed by atoms with Gasteiger partial charge in [-0.3, -0.25) is 4.79 Å². The zero-order chi connectivity index (χ0) is 8.93. The Morgan fingerprint density at radius 1 is 1.58 bits per heavy atom. The molecule has 1 aliphatic heterocycles. The highest BCUT2D eigenvalue weighted by atomic mass is 16.6. The topological polar surface area (TPSA) is 29.6 Å². The molecule has 0 unspecified atom stereocenters. The fourth-order valence-electron chi connectivity index (χ4n) is 2.22. The van der Waals surface area contributed by atoms with Crippen LogP contribution >= 0.6 is 0 Å². The average Bonchev–Trinajstić information content (AvgIpc) is 2.62. The fraction of sp³-hybridized carbons (Fsp3) is 0.900. The van der Waals surface area contributed by atoms with Gasteiger partial charge in [0.25, 0.3) is 0 Å². The lowest BCUT2D eigenvalue weighted by molar-refractivity contribution is -0.126. The Bertz CT molecular complexity index is 222. The lowest BCUT2D eigenvalue weighted by Crippen LogP contribution is -2.34. The summed E-state index contributed by atoms with van der Waals surface area (Å²) in [5, 5.41) is 0. The molecule has 0 aromatic heterocycles. The Kier molecular flexibility index (Phi) is 1.59. The summed E-state index contributed by atoms with van der Waals surface area (Å²) in [6.45, 7) is 6.29. The number of hydrogen-bond donors (Lipinski definition) is 0. The molecule has 2 aliphatic rings. The highest BCUT2D eigenvalue weighted by Crippen LogP contribution is 2.48. The number of hydrogen-bond acceptors (Lipinski definition) is 2. The van der Waals surface area contributed by atoms with Crippen molar-refractivity contribution in [3.63, 3.8) is 0 Å². The van der Waals surface area contributed by atoms with Gasteiger partial charge in [0.2, 0.25) is 0 Å². The van der Waals surface area contributed by atoms with Crippen molar-refractivity contribution >= 4 is 5.78 Å². The summed E-state index contributed by atoms with van der Waals surface area (Å²) < 4.78 is 5.41. The molecule has 3 atom stereocenters. The van der Waals surface area contributed by atoms with Crippen molar-refractivity contribution in [3.05, 3.63) is 0 Å². The molecule has 2 nitrogen and oxygen atoms in total. The van der Waals surface area contributed by atoms with Gasteiger partial charge in [0.05, 0.1) is 5.60 Å². The van der Waals surface area contributed by atoms with Gasteiger partial charge in [-0.25, -0.2) is 0 Å². The summed E-state index contributed by atoms with van der Waals surface area (Å²) in [6, 6.07) is 0. The number of epoxide rings is 1. The van der Waals surface area contributed by atoms with Gasteiger partial charge < -0.3 is 4.74 Å². The lowest BCUT2D eigenvalue weighted by Gasteiger charge is -2.23. The first-order valence-electron chi connectivity index (χ1n) is 4.76. The number of rotatable bonds is 1. The number of ether oxygens (including phenoxy) is 1. The predicted octanol–water partition coefficient (Wildman–Crippen LogP) is 1.78. The van der Waals surface area contributed by atoms with Crippen molar-refractivity contribution in [1.29, 1.82) is 0 Å². The van der Waals surface area contributed by atoms with Crippen LogP contribution in [0.2, 0.25) is 0 Å². The first kappa shape index (κ1) is 8.24. The zero-order valence-corrected chi connectivity index (χ0v) is 7.96. The van der Waals surface area contributed by atoms with E-state index in [0.717, 1.165) is 12.8 Å². The van der Waals surface area contributed by atoms with Gasteiger partial charge in [-0.1, -0.05) is 13.8 Å². The molecule has 0 aromatic rings. The van der Waals surface area contributed by atoms with E-state index in [1.807, 2.05) is 6.92 Å². The molecule has 68 valence electrons. The second kappa shape index (κ2) is 2.32. The standard InChI is InChI=1S/C10H16O2/c1-6(2)7-4-5-10(3)9(12-10)8(7)11/h6-7,9H,4-5H2,1-3H3/t7-,9+,10-/m0/s1. The number of fused-ring (bicyclic) bond motifs is 1. The average molecular weight is 168 g/mol. The Hall–Kier alpha value is -0.370. The molecule has 1 saturated heterocycles. The minimum absolute atomic E-state index is 0.0568. The van der Waals surface area contributed by atoms with Crippen molar-refractivity contribution in [2.24, 2.45) is 11.8 Å². The van der Waals surface area contributed by atoms with E-state index in [1.54, 1.807) is 0 Å². The SMILES string of the molecule is CC(C)[C@@H]1CC[C@]2(C)O[C@@H]2C1=O. The van der Waals surface area contributed by atoms with Crippen molar-refractivity contribution in [3.8, 4) is 0 Å². The van der Waals surface area contributed by atoms with E-state index in [0.29, 0.717) is 11.7 Å². The third-order valence-corrected chi connectivity index (χ3v) is 3.26. The van der Waals surface area contributed by atoms with Crippen LogP contribution in [-0.4, -0.2) is 17.5 Å². The summed E-state index contributed by atoms with van der Waals surface area (Å²) in [5.41, 5.74) is -0.0670. The van der Waals surface area contributed by atoms with E-state index in [1.165, 1.54) is 0 Å². The van der Waals surface area contributed by atoms with Crippen LogP contribution < -0.4 is 0 Å². The van der Waals surface area contributed by atoms with E-state index in [4.69, 9.17) is 4.74 Å². The van der Waals surface area contributed by atoms with E-state index < -0.39 is 0 Å². The van der Waals surface area contributed by atoms with Crippen LogP contribution in [0, 0.1) is 11.8 Å². The van der Waals surface area contributed by atoms with Gasteiger partial charge in [0.15, 0.2) is 5.78 Å². The van der Waals surface area contributed by atoms with Crippen molar-refractivity contribution < 1.29 is 9.53 Å². The second-order valence-corrected chi connectivity index (χ2v) is 4.60. The molecule has 0 aromatic carbocycles. The van der Waals surface area contributed by atoms with Crippen LogP contribution in [-0.2, 0) is 9.53 Å². The Balaban J connectivity index is 2.10. The van der Waals surface area contributed by atoms with Crippen LogP contribution in [0.5, 0.6) is 0 Å². The molecular weight excluding hydrogens is 152 g/mol. The van der Waals surface area contributed by atoms with E-state index in [2.05, 4.69) is 13.8 Å². The highest BCUT2D eigenvalue weighted by Gasteiger charge is 2.60. The highest BCUT2D eigenvalue weighted by molar-refractivity contribution is 5.90. The number of carbonyl (C=O) groups excluding carboxylic acids is 1. The summed E-state index contributed by atoms with van der Waals surface area (Å²) in [7, 11) is 0. The molecule has 1 saturated carbocycles. The fourth-order valence-corrected chi connectivity index (χ4v) is 2.22. The number of ketones is 1.